The van der Waals surface area contributed by atoms with E-state index in [0.29, 0.717) is 0 Å². The molecule has 0 radical (unpaired) electrons. The molecular weight excluding hydrogens is 256 g/mol. The smallest absolute Gasteiger partial charge is 0.135 e. The van der Waals surface area contributed by atoms with Crippen molar-refractivity contribution in [3.8, 4) is 10.6 Å². The average molecular weight is 272 g/mol. The molecule has 0 amide bonds. The van der Waals surface area contributed by atoms with Gasteiger partial charge in [-0.1, -0.05) is 18.2 Å². The summed E-state index contributed by atoms with van der Waals surface area (Å²) in [7, 11) is 1.95. The van der Waals surface area contributed by atoms with Gasteiger partial charge in [-0.25, -0.2) is 4.98 Å². The molecule has 2 heterocycles. The molecule has 3 nitrogen and oxygen atoms in total. The maximum absolute atomic E-state index is 5.80. The maximum Gasteiger partial charge on any atom is 0.135 e. The highest BCUT2D eigenvalue weighted by atomic mass is 32.1. The number of rotatable bonds is 3. The molecule has 1 atom stereocenters. The normalized spacial score (nSPS) is 13.0. The van der Waals surface area contributed by atoms with Gasteiger partial charge in [0.05, 0.1) is 11.3 Å². The van der Waals surface area contributed by atoms with Crippen molar-refractivity contribution in [1.82, 2.24) is 10.3 Å². The SMILES string of the molecule is CNC(C)c1csc(-c2c(C)oc3ccccc23)n1. The number of aryl methyl sites for hydroxylation is 1. The van der Waals surface area contributed by atoms with E-state index in [0.717, 1.165) is 33.0 Å². The van der Waals surface area contributed by atoms with Crippen LogP contribution in [0.3, 0.4) is 0 Å². The molecule has 0 bridgehead atoms. The van der Waals surface area contributed by atoms with E-state index in [9.17, 15) is 0 Å². The molecule has 1 aromatic carbocycles. The Balaban J connectivity index is 2.14. The number of fused-ring (bicyclic) bond motifs is 1. The number of thiazole rings is 1. The highest BCUT2D eigenvalue weighted by Gasteiger charge is 2.17. The van der Waals surface area contributed by atoms with Crippen LogP contribution < -0.4 is 5.32 Å². The van der Waals surface area contributed by atoms with E-state index in [-0.39, 0.29) is 6.04 Å². The van der Waals surface area contributed by atoms with Crippen LogP contribution >= 0.6 is 11.3 Å². The van der Waals surface area contributed by atoms with Crippen LogP contribution in [0.1, 0.15) is 24.4 Å². The first kappa shape index (κ1) is 12.4. The van der Waals surface area contributed by atoms with Crippen LogP contribution in [0.15, 0.2) is 34.1 Å². The summed E-state index contributed by atoms with van der Waals surface area (Å²) in [6.45, 7) is 4.11. The van der Waals surface area contributed by atoms with Gasteiger partial charge in [0.25, 0.3) is 0 Å². The molecule has 3 aromatic rings. The molecule has 1 unspecified atom stereocenters. The summed E-state index contributed by atoms with van der Waals surface area (Å²) in [5.41, 5.74) is 3.12. The fraction of sp³-hybridized carbons (Fsp3) is 0.267. The fourth-order valence-electron chi connectivity index (χ4n) is 2.18. The summed E-state index contributed by atoms with van der Waals surface area (Å²) in [6.07, 6.45) is 0. The van der Waals surface area contributed by atoms with Crippen LogP contribution in [0.2, 0.25) is 0 Å². The van der Waals surface area contributed by atoms with E-state index in [1.54, 1.807) is 11.3 Å². The highest BCUT2D eigenvalue weighted by molar-refractivity contribution is 7.13. The Morgan fingerprint density at radius 2 is 2.11 bits per heavy atom. The van der Waals surface area contributed by atoms with Crippen LogP contribution in [-0.4, -0.2) is 12.0 Å². The minimum absolute atomic E-state index is 0.267. The Morgan fingerprint density at radius 3 is 2.89 bits per heavy atom. The monoisotopic (exact) mass is 272 g/mol. The van der Waals surface area contributed by atoms with E-state index in [1.807, 2.05) is 32.2 Å². The molecule has 19 heavy (non-hydrogen) atoms. The molecule has 1 N–H and O–H groups in total. The Labute approximate surface area is 116 Å². The summed E-state index contributed by atoms with van der Waals surface area (Å²) in [5.74, 6) is 0.930. The summed E-state index contributed by atoms with van der Waals surface area (Å²) in [6, 6.07) is 8.38. The zero-order valence-electron chi connectivity index (χ0n) is 11.2. The lowest BCUT2D eigenvalue weighted by Gasteiger charge is -2.04. The standard InChI is InChI=1S/C15H16N2OS/c1-9(16-3)12-8-19-15(17-12)14-10(2)18-13-7-5-4-6-11(13)14/h4-9,16H,1-3H3. The molecule has 0 aliphatic rings. The highest BCUT2D eigenvalue weighted by Crippen LogP contribution is 2.36. The molecule has 0 fully saturated rings. The molecule has 4 heteroatoms. The zero-order chi connectivity index (χ0) is 13.4. The number of benzene rings is 1. The number of hydrogen-bond donors (Lipinski definition) is 1. The van der Waals surface area contributed by atoms with Crippen molar-refractivity contribution in [1.29, 1.82) is 0 Å². The molecule has 0 aliphatic heterocycles. The number of furan rings is 1. The predicted molar refractivity (Wildman–Crippen MR) is 79.5 cm³/mol. The van der Waals surface area contributed by atoms with Gasteiger partial charge in [-0.2, -0.15) is 0 Å². The molecular formula is C15H16N2OS. The van der Waals surface area contributed by atoms with Gasteiger partial charge in [-0.3, -0.25) is 0 Å². The van der Waals surface area contributed by atoms with Crippen LogP contribution in [0.25, 0.3) is 21.5 Å². The Morgan fingerprint density at radius 1 is 1.32 bits per heavy atom. The van der Waals surface area contributed by atoms with Gasteiger partial charge in [0, 0.05) is 16.8 Å². The van der Waals surface area contributed by atoms with Gasteiger partial charge >= 0.3 is 0 Å². The molecule has 0 saturated carbocycles. The number of nitrogens with one attached hydrogen (secondary N) is 1. The third-order valence-corrected chi connectivity index (χ3v) is 4.26. The van der Waals surface area contributed by atoms with E-state index in [1.165, 1.54) is 0 Å². The Bertz CT molecular complexity index is 714. The topological polar surface area (TPSA) is 38.1 Å². The van der Waals surface area contributed by atoms with E-state index in [2.05, 4.69) is 23.7 Å². The van der Waals surface area contributed by atoms with Gasteiger partial charge in [0.15, 0.2) is 0 Å². The van der Waals surface area contributed by atoms with Crippen molar-refractivity contribution in [2.75, 3.05) is 7.05 Å². The van der Waals surface area contributed by atoms with Crippen molar-refractivity contribution in [2.24, 2.45) is 0 Å². The summed E-state index contributed by atoms with van der Waals surface area (Å²) in [5, 5.41) is 7.49. The van der Waals surface area contributed by atoms with Crippen molar-refractivity contribution in [2.45, 2.75) is 19.9 Å². The summed E-state index contributed by atoms with van der Waals surface area (Å²) in [4.78, 5) is 4.73. The number of nitrogens with zero attached hydrogens (tertiary/aromatic N) is 1. The molecule has 98 valence electrons. The number of para-hydroxylation sites is 1. The minimum atomic E-state index is 0.267. The zero-order valence-corrected chi connectivity index (χ0v) is 12.0. The first-order valence-electron chi connectivity index (χ1n) is 6.32. The second-order valence-electron chi connectivity index (χ2n) is 4.62. The fourth-order valence-corrected chi connectivity index (χ4v) is 3.20. The lowest BCUT2D eigenvalue weighted by Crippen LogP contribution is -2.12. The first-order chi connectivity index (χ1) is 9.20. The molecule has 0 saturated heterocycles. The average Bonchev–Trinajstić information content (AvgIpc) is 3.00. The van der Waals surface area contributed by atoms with Crippen LogP contribution in [0.5, 0.6) is 0 Å². The number of hydrogen-bond acceptors (Lipinski definition) is 4. The van der Waals surface area contributed by atoms with Gasteiger partial charge < -0.3 is 9.73 Å². The Hall–Kier alpha value is -1.65. The lowest BCUT2D eigenvalue weighted by molar-refractivity contribution is 0.580. The van der Waals surface area contributed by atoms with Crippen LogP contribution in [0.4, 0.5) is 0 Å². The van der Waals surface area contributed by atoms with Crippen molar-refractivity contribution < 1.29 is 4.42 Å². The van der Waals surface area contributed by atoms with Crippen molar-refractivity contribution in [3.05, 3.63) is 41.1 Å². The summed E-state index contributed by atoms with van der Waals surface area (Å²) >= 11 is 1.67. The van der Waals surface area contributed by atoms with Crippen molar-refractivity contribution >= 4 is 22.3 Å². The second-order valence-corrected chi connectivity index (χ2v) is 5.48. The molecule has 3 rings (SSSR count). The number of aromatic nitrogens is 1. The quantitative estimate of drug-likeness (QED) is 0.778. The van der Waals surface area contributed by atoms with E-state index < -0.39 is 0 Å². The van der Waals surface area contributed by atoms with Gasteiger partial charge in [-0.05, 0) is 27.0 Å². The minimum Gasteiger partial charge on any atom is -0.461 e. The predicted octanol–water partition coefficient (Wildman–Crippen LogP) is 4.15. The second kappa shape index (κ2) is 4.79. The van der Waals surface area contributed by atoms with Gasteiger partial charge in [0.2, 0.25) is 0 Å². The van der Waals surface area contributed by atoms with Crippen molar-refractivity contribution in [3.63, 3.8) is 0 Å². The third kappa shape index (κ3) is 2.07. The van der Waals surface area contributed by atoms with E-state index >= 15 is 0 Å². The van der Waals surface area contributed by atoms with E-state index in [4.69, 9.17) is 9.40 Å². The largest absolute Gasteiger partial charge is 0.461 e. The lowest BCUT2D eigenvalue weighted by atomic mass is 10.1. The third-order valence-electron chi connectivity index (χ3n) is 3.38. The molecule has 2 aromatic heterocycles. The Kier molecular flexibility index (Phi) is 3.12. The van der Waals surface area contributed by atoms with Crippen LogP contribution in [0, 0.1) is 6.92 Å². The first-order valence-corrected chi connectivity index (χ1v) is 7.20. The summed E-state index contributed by atoms with van der Waals surface area (Å²) < 4.78 is 5.80. The molecule has 0 spiro atoms. The van der Waals surface area contributed by atoms with Gasteiger partial charge in [-0.15, -0.1) is 11.3 Å². The maximum atomic E-state index is 5.80. The van der Waals surface area contributed by atoms with Crippen LogP contribution in [-0.2, 0) is 0 Å². The van der Waals surface area contributed by atoms with Gasteiger partial charge in [0.1, 0.15) is 16.4 Å². The molecule has 0 aliphatic carbocycles.